The molecular weight excluding hydrogens is 510 g/mol. The topological polar surface area (TPSA) is 36.4 Å². The summed E-state index contributed by atoms with van der Waals surface area (Å²) < 4.78 is 0. The third-order valence-electron chi connectivity index (χ3n) is 7.97. The molecule has 1 heterocycles. The lowest BCUT2D eigenvalue weighted by atomic mass is 9.91. The Bertz CT molecular complexity index is 1880. The summed E-state index contributed by atoms with van der Waals surface area (Å²) in [5, 5.41) is 10.0. The van der Waals surface area contributed by atoms with Gasteiger partial charge in [0, 0.05) is 5.56 Å². The number of nitrogens with zero attached hydrogens (tertiary/aromatic N) is 1. The van der Waals surface area contributed by atoms with E-state index in [1.807, 2.05) is 12.1 Å². The van der Waals surface area contributed by atoms with E-state index in [0.29, 0.717) is 0 Å². The summed E-state index contributed by atoms with van der Waals surface area (Å²) in [5.41, 5.74) is 10.8. The molecule has 7 rings (SSSR count). The van der Waals surface area contributed by atoms with Crippen molar-refractivity contribution in [1.29, 1.82) is 0 Å². The lowest BCUT2D eigenvalue weighted by molar-refractivity contribution is 0.409. The van der Waals surface area contributed by atoms with Gasteiger partial charge in [-0.1, -0.05) is 132 Å². The second kappa shape index (κ2) is 11.1. The standard InChI is InChI=1S/C39H33N3/c1-26-20-27(2)22-31(21-26)32-23-33(36-19-11-17-28-12-9-10-18-35(28)36)25-34(24-32)39-41-37(29-13-5-3-6-14-29)40-38(42-39)30-15-7-4-8-16-30/h3-25,37,39,41H,1-2H3,(H,40,42). The minimum Gasteiger partial charge on any atom is -0.350 e. The summed E-state index contributed by atoms with van der Waals surface area (Å²) in [7, 11) is 0. The highest BCUT2D eigenvalue weighted by molar-refractivity contribution is 6.00. The van der Waals surface area contributed by atoms with Gasteiger partial charge in [-0.25, -0.2) is 4.99 Å². The monoisotopic (exact) mass is 543 g/mol. The molecule has 204 valence electrons. The van der Waals surface area contributed by atoms with E-state index in [0.717, 1.165) is 17.0 Å². The van der Waals surface area contributed by atoms with Crippen molar-refractivity contribution in [2.75, 3.05) is 0 Å². The van der Waals surface area contributed by atoms with Gasteiger partial charge in [-0.15, -0.1) is 0 Å². The van der Waals surface area contributed by atoms with E-state index < -0.39 is 0 Å². The van der Waals surface area contributed by atoms with Gasteiger partial charge in [-0.05, 0) is 76.2 Å². The summed E-state index contributed by atoms with van der Waals surface area (Å²) >= 11 is 0. The van der Waals surface area contributed by atoms with E-state index in [1.165, 1.54) is 49.7 Å². The number of rotatable bonds is 5. The highest BCUT2D eigenvalue weighted by Gasteiger charge is 2.26. The lowest BCUT2D eigenvalue weighted by Gasteiger charge is -2.32. The van der Waals surface area contributed by atoms with Gasteiger partial charge in [0.15, 0.2) is 0 Å². The number of nitrogens with one attached hydrogen (secondary N) is 2. The third-order valence-corrected chi connectivity index (χ3v) is 7.97. The number of hydrogen-bond acceptors (Lipinski definition) is 3. The van der Waals surface area contributed by atoms with Gasteiger partial charge in [0.2, 0.25) is 0 Å². The third kappa shape index (κ3) is 5.23. The van der Waals surface area contributed by atoms with Crippen LogP contribution in [-0.2, 0) is 0 Å². The number of aryl methyl sites for hydroxylation is 2. The molecule has 1 aliphatic heterocycles. The Kier molecular flexibility index (Phi) is 6.87. The molecule has 1 aliphatic rings. The second-order valence-corrected chi connectivity index (χ2v) is 11.1. The van der Waals surface area contributed by atoms with Crippen molar-refractivity contribution in [2.45, 2.75) is 26.2 Å². The maximum atomic E-state index is 5.12. The molecule has 0 bridgehead atoms. The van der Waals surface area contributed by atoms with Crippen molar-refractivity contribution >= 4 is 16.6 Å². The Balaban J connectivity index is 1.40. The van der Waals surface area contributed by atoms with Crippen molar-refractivity contribution in [3.63, 3.8) is 0 Å². The summed E-state index contributed by atoms with van der Waals surface area (Å²) in [4.78, 5) is 5.12. The number of aliphatic imine (C=N–C) groups is 1. The van der Waals surface area contributed by atoms with Crippen molar-refractivity contribution in [1.82, 2.24) is 10.6 Å². The summed E-state index contributed by atoms with van der Waals surface area (Å²) in [6, 6.07) is 49.9. The van der Waals surface area contributed by atoms with E-state index in [9.17, 15) is 0 Å². The average molecular weight is 544 g/mol. The van der Waals surface area contributed by atoms with Gasteiger partial charge in [-0.2, -0.15) is 0 Å². The van der Waals surface area contributed by atoms with E-state index >= 15 is 0 Å². The highest BCUT2D eigenvalue weighted by atomic mass is 15.3. The Morgan fingerprint density at radius 3 is 1.95 bits per heavy atom. The van der Waals surface area contributed by atoms with Gasteiger partial charge in [0.1, 0.15) is 18.2 Å². The van der Waals surface area contributed by atoms with Gasteiger partial charge in [0.05, 0.1) is 0 Å². The molecule has 2 N–H and O–H groups in total. The first-order valence-corrected chi connectivity index (χ1v) is 14.5. The fraction of sp³-hybridized carbons (Fsp3) is 0.103. The molecule has 6 aromatic carbocycles. The summed E-state index contributed by atoms with van der Waals surface area (Å²) in [5.74, 6) is 0.886. The molecule has 6 aromatic rings. The van der Waals surface area contributed by atoms with Crippen LogP contribution in [0.2, 0.25) is 0 Å². The predicted octanol–water partition coefficient (Wildman–Crippen LogP) is 9.13. The van der Waals surface area contributed by atoms with Crippen LogP contribution in [0.1, 0.15) is 40.1 Å². The normalized spacial score (nSPS) is 16.6. The van der Waals surface area contributed by atoms with Crippen LogP contribution in [0.3, 0.4) is 0 Å². The van der Waals surface area contributed by atoms with Gasteiger partial charge in [0.25, 0.3) is 0 Å². The van der Waals surface area contributed by atoms with Crippen LogP contribution in [0.4, 0.5) is 0 Å². The van der Waals surface area contributed by atoms with Crippen LogP contribution >= 0.6 is 0 Å². The first kappa shape index (κ1) is 25.9. The van der Waals surface area contributed by atoms with Gasteiger partial charge < -0.3 is 5.32 Å². The maximum absolute atomic E-state index is 5.12. The highest BCUT2D eigenvalue weighted by Crippen LogP contribution is 2.36. The first-order valence-electron chi connectivity index (χ1n) is 14.5. The molecule has 0 aliphatic carbocycles. The minimum absolute atomic E-state index is 0.150. The molecule has 0 aromatic heterocycles. The van der Waals surface area contributed by atoms with Crippen LogP contribution in [0.15, 0.2) is 145 Å². The molecule has 0 saturated heterocycles. The SMILES string of the molecule is Cc1cc(C)cc(-c2cc(-c3cccc4ccccc34)cc(C3NC(c4ccccc4)=NC(c4ccccc4)N3)c2)c1. The molecule has 0 fully saturated rings. The van der Waals surface area contributed by atoms with Crippen molar-refractivity contribution in [3.8, 4) is 22.3 Å². The fourth-order valence-electron chi connectivity index (χ4n) is 6.04. The van der Waals surface area contributed by atoms with Gasteiger partial charge in [-0.3, -0.25) is 5.32 Å². The van der Waals surface area contributed by atoms with Crippen molar-refractivity contribution in [2.24, 2.45) is 4.99 Å². The Morgan fingerprint density at radius 1 is 0.524 bits per heavy atom. The van der Waals surface area contributed by atoms with Crippen LogP contribution in [-0.4, -0.2) is 5.84 Å². The zero-order valence-electron chi connectivity index (χ0n) is 23.9. The number of hydrogen-bond donors (Lipinski definition) is 2. The zero-order valence-corrected chi connectivity index (χ0v) is 23.9. The molecule has 2 atom stereocenters. The Labute approximate surface area is 247 Å². The predicted molar refractivity (Wildman–Crippen MR) is 175 cm³/mol. The minimum atomic E-state index is -0.182. The maximum Gasteiger partial charge on any atom is 0.131 e. The molecule has 42 heavy (non-hydrogen) atoms. The van der Waals surface area contributed by atoms with Crippen LogP contribution < -0.4 is 10.6 Å². The summed E-state index contributed by atoms with van der Waals surface area (Å²) in [6.07, 6.45) is -0.332. The Hall–Kier alpha value is -4.99. The van der Waals surface area contributed by atoms with Crippen molar-refractivity contribution in [3.05, 3.63) is 167 Å². The Morgan fingerprint density at radius 2 is 1.17 bits per heavy atom. The second-order valence-electron chi connectivity index (χ2n) is 11.1. The molecule has 3 heteroatoms. The molecule has 3 nitrogen and oxygen atoms in total. The van der Waals surface area contributed by atoms with E-state index in [4.69, 9.17) is 4.99 Å². The molecule has 0 radical (unpaired) electrons. The van der Waals surface area contributed by atoms with E-state index in [1.54, 1.807) is 0 Å². The molecular formula is C39H33N3. The largest absolute Gasteiger partial charge is 0.350 e. The van der Waals surface area contributed by atoms with Crippen LogP contribution in [0.5, 0.6) is 0 Å². The van der Waals surface area contributed by atoms with Gasteiger partial charge >= 0.3 is 0 Å². The molecule has 0 amide bonds. The zero-order chi connectivity index (χ0) is 28.5. The lowest BCUT2D eigenvalue weighted by Crippen LogP contribution is -2.45. The molecule has 0 saturated carbocycles. The fourth-order valence-corrected chi connectivity index (χ4v) is 6.04. The van der Waals surface area contributed by atoms with Crippen LogP contribution in [0, 0.1) is 13.8 Å². The molecule has 0 spiro atoms. The number of amidine groups is 1. The van der Waals surface area contributed by atoms with Crippen molar-refractivity contribution < 1.29 is 0 Å². The van der Waals surface area contributed by atoms with E-state index in [-0.39, 0.29) is 12.3 Å². The molecule has 2 unspecified atom stereocenters. The van der Waals surface area contributed by atoms with Crippen LogP contribution in [0.25, 0.3) is 33.0 Å². The first-order chi connectivity index (χ1) is 20.6. The quantitative estimate of drug-likeness (QED) is 0.227. The number of benzene rings is 6. The smallest absolute Gasteiger partial charge is 0.131 e. The average Bonchev–Trinajstić information content (AvgIpc) is 3.04. The number of fused-ring (bicyclic) bond motifs is 1. The van der Waals surface area contributed by atoms with E-state index in [2.05, 4.69) is 152 Å². The summed E-state index contributed by atoms with van der Waals surface area (Å²) in [6.45, 7) is 4.34.